The average molecular weight is 287 g/mol. The van der Waals surface area contributed by atoms with E-state index >= 15 is 0 Å². The third-order valence-electron chi connectivity index (χ3n) is 1.85. The van der Waals surface area contributed by atoms with E-state index in [-0.39, 0.29) is 5.69 Å². The first-order valence-electron chi connectivity index (χ1n) is 4.13. The quantitative estimate of drug-likeness (QED) is 0.892. The van der Waals surface area contributed by atoms with Gasteiger partial charge in [0, 0.05) is 9.35 Å². The molecular weight excluding hydrogens is 280 g/mol. The van der Waals surface area contributed by atoms with E-state index < -0.39 is 5.97 Å². The van der Waals surface area contributed by atoms with Crippen LogP contribution in [-0.4, -0.2) is 21.3 Å². The Bertz CT molecular complexity index is 518. The maximum absolute atomic E-state index is 10.6. The molecule has 0 atom stereocenters. The number of aryl methyl sites for hydroxylation is 1. The highest BCUT2D eigenvalue weighted by atomic mass is 79.9. The van der Waals surface area contributed by atoms with Crippen molar-refractivity contribution in [3.8, 4) is 10.6 Å². The highest BCUT2D eigenvalue weighted by Crippen LogP contribution is 2.35. The van der Waals surface area contributed by atoms with Crippen LogP contribution in [0.25, 0.3) is 10.6 Å². The van der Waals surface area contributed by atoms with Crippen molar-refractivity contribution >= 4 is 33.2 Å². The number of carboxylic acids is 1. The van der Waals surface area contributed by atoms with Crippen molar-refractivity contribution in [2.75, 3.05) is 0 Å². The topological polar surface area (TPSA) is 66.0 Å². The summed E-state index contributed by atoms with van der Waals surface area (Å²) in [4.78, 5) is 12.8. The minimum atomic E-state index is -1.03. The first kappa shape index (κ1) is 10.4. The van der Waals surface area contributed by atoms with Crippen molar-refractivity contribution in [2.45, 2.75) is 6.92 Å². The lowest BCUT2D eigenvalue weighted by molar-refractivity contribution is 0.0690. The molecule has 6 heteroatoms. The van der Waals surface area contributed by atoms with Crippen LogP contribution in [0.4, 0.5) is 0 Å². The number of rotatable bonds is 2. The number of aromatic amines is 1. The van der Waals surface area contributed by atoms with Crippen molar-refractivity contribution in [1.82, 2.24) is 10.2 Å². The Kier molecular flexibility index (Phi) is 2.62. The van der Waals surface area contributed by atoms with Crippen LogP contribution in [0.5, 0.6) is 0 Å². The average Bonchev–Trinajstić information content (AvgIpc) is 2.71. The fourth-order valence-electron chi connectivity index (χ4n) is 1.21. The van der Waals surface area contributed by atoms with Crippen molar-refractivity contribution in [3.05, 3.63) is 27.2 Å². The van der Waals surface area contributed by atoms with Crippen LogP contribution in [0, 0.1) is 6.92 Å². The smallest absolute Gasteiger partial charge is 0.356 e. The Hall–Kier alpha value is -1.14. The van der Waals surface area contributed by atoms with E-state index in [0.29, 0.717) is 0 Å². The van der Waals surface area contributed by atoms with E-state index in [0.717, 1.165) is 19.9 Å². The van der Waals surface area contributed by atoms with E-state index in [4.69, 9.17) is 5.11 Å². The zero-order valence-electron chi connectivity index (χ0n) is 7.74. The molecule has 0 aliphatic carbocycles. The fourth-order valence-corrected chi connectivity index (χ4v) is 3.04. The molecule has 4 nitrogen and oxygen atoms in total. The maximum atomic E-state index is 10.6. The van der Waals surface area contributed by atoms with Crippen LogP contribution < -0.4 is 0 Å². The molecule has 0 aliphatic heterocycles. The van der Waals surface area contributed by atoms with E-state index in [1.807, 2.05) is 13.0 Å². The number of nitrogens with one attached hydrogen (secondary N) is 1. The third kappa shape index (κ3) is 1.95. The van der Waals surface area contributed by atoms with E-state index in [1.54, 1.807) is 11.3 Å². The van der Waals surface area contributed by atoms with Crippen LogP contribution >= 0.6 is 27.3 Å². The molecule has 2 aromatic rings. The number of carbonyl (C=O) groups is 1. The summed E-state index contributed by atoms with van der Waals surface area (Å²) in [6.07, 6.45) is 0. The molecule has 2 rings (SSSR count). The van der Waals surface area contributed by atoms with E-state index in [9.17, 15) is 4.79 Å². The first-order valence-corrected chi connectivity index (χ1v) is 5.74. The number of aromatic nitrogens is 2. The van der Waals surface area contributed by atoms with Gasteiger partial charge >= 0.3 is 5.97 Å². The van der Waals surface area contributed by atoms with Crippen molar-refractivity contribution in [1.29, 1.82) is 0 Å². The van der Waals surface area contributed by atoms with Gasteiger partial charge in [-0.25, -0.2) is 4.79 Å². The summed E-state index contributed by atoms with van der Waals surface area (Å²) in [5, 5.41) is 15.1. The molecule has 0 saturated carbocycles. The number of H-pyrrole nitrogens is 1. The lowest BCUT2D eigenvalue weighted by Gasteiger charge is -1.90. The molecular formula is C9H7BrN2O2S. The number of carboxylic acid groups (broad SMARTS) is 1. The Morgan fingerprint density at radius 3 is 2.80 bits per heavy atom. The summed E-state index contributed by atoms with van der Waals surface area (Å²) in [5.41, 5.74) is 0.750. The molecule has 15 heavy (non-hydrogen) atoms. The molecule has 2 aromatic heterocycles. The zero-order valence-corrected chi connectivity index (χ0v) is 10.1. The molecule has 0 spiro atoms. The second-order valence-electron chi connectivity index (χ2n) is 3.01. The van der Waals surface area contributed by atoms with E-state index in [1.165, 1.54) is 6.07 Å². The second-order valence-corrected chi connectivity index (χ2v) is 5.12. The molecule has 0 bridgehead atoms. The molecule has 2 heterocycles. The van der Waals surface area contributed by atoms with Crippen molar-refractivity contribution in [3.63, 3.8) is 0 Å². The van der Waals surface area contributed by atoms with Gasteiger partial charge in [0.15, 0.2) is 5.69 Å². The third-order valence-corrected chi connectivity index (χ3v) is 3.82. The summed E-state index contributed by atoms with van der Waals surface area (Å²) < 4.78 is 0.950. The molecule has 0 unspecified atom stereocenters. The van der Waals surface area contributed by atoms with Crippen LogP contribution in [0.3, 0.4) is 0 Å². The van der Waals surface area contributed by atoms with Crippen molar-refractivity contribution < 1.29 is 9.90 Å². The Labute approximate surface area is 98.1 Å². The van der Waals surface area contributed by atoms with Gasteiger partial charge in [-0.15, -0.1) is 11.3 Å². The number of halogens is 1. The fraction of sp³-hybridized carbons (Fsp3) is 0.111. The second kappa shape index (κ2) is 3.79. The molecule has 2 N–H and O–H groups in total. The van der Waals surface area contributed by atoms with Gasteiger partial charge in [-0.2, -0.15) is 5.10 Å². The van der Waals surface area contributed by atoms with Gasteiger partial charge in [-0.05, 0) is 35.0 Å². The summed E-state index contributed by atoms with van der Waals surface area (Å²) in [7, 11) is 0. The standard InChI is InChI=1S/C9H7BrN2O2S/c1-4-2-5(10)8(15-4)6-3-7(9(13)14)12-11-6/h2-3H,1H3,(H,11,12)(H,13,14). The lowest BCUT2D eigenvalue weighted by Crippen LogP contribution is -1.95. The van der Waals surface area contributed by atoms with Crippen LogP contribution in [-0.2, 0) is 0 Å². The van der Waals surface area contributed by atoms with Gasteiger partial charge in [0.2, 0.25) is 0 Å². The predicted octanol–water partition coefficient (Wildman–Crippen LogP) is 2.91. The number of hydrogen-bond acceptors (Lipinski definition) is 3. The molecule has 78 valence electrons. The summed E-state index contributed by atoms with van der Waals surface area (Å²) >= 11 is 5.00. The number of nitrogens with zero attached hydrogens (tertiary/aromatic N) is 1. The summed E-state index contributed by atoms with van der Waals surface area (Å²) in [6, 6.07) is 3.51. The Morgan fingerprint density at radius 1 is 1.60 bits per heavy atom. The largest absolute Gasteiger partial charge is 0.476 e. The SMILES string of the molecule is Cc1cc(Br)c(-c2cc(C(=O)O)n[nH]2)s1. The highest BCUT2D eigenvalue weighted by Gasteiger charge is 2.13. The molecule has 0 aromatic carbocycles. The first-order chi connectivity index (χ1) is 7.08. The molecule has 0 aliphatic rings. The van der Waals surface area contributed by atoms with Crippen LogP contribution in [0.15, 0.2) is 16.6 Å². The van der Waals surface area contributed by atoms with Gasteiger partial charge in [0.25, 0.3) is 0 Å². The normalized spacial score (nSPS) is 10.5. The van der Waals surface area contributed by atoms with Crippen LogP contribution in [0.2, 0.25) is 0 Å². The zero-order chi connectivity index (χ0) is 11.0. The maximum Gasteiger partial charge on any atom is 0.356 e. The van der Waals surface area contributed by atoms with Gasteiger partial charge in [0.1, 0.15) is 0 Å². The molecule has 0 fully saturated rings. The minimum Gasteiger partial charge on any atom is -0.476 e. The number of hydrogen-bond donors (Lipinski definition) is 2. The predicted molar refractivity (Wildman–Crippen MR) is 61.3 cm³/mol. The van der Waals surface area contributed by atoms with Crippen molar-refractivity contribution in [2.24, 2.45) is 0 Å². The van der Waals surface area contributed by atoms with Gasteiger partial charge in [0.05, 0.1) is 10.6 Å². The highest BCUT2D eigenvalue weighted by molar-refractivity contribution is 9.10. The Balaban J connectivity index is 2.45. The van der Waals surface area contributed by atoms with Gasteiger partial charge < -0.3 is 5.11 Å². The lowest BCUT2D eigenvalue weighted by atomic mass is 10.3. The molecule has 0 amide bonds. The number of thiophene rings is 1. The summed E-state index contributed by atoms with van der Waals surface area (Å²) in [5.74, 6) is -1.03. The van der Waals surface area contributed by atoms with Crippen LogP contribution in [0.1, 0.15) is 15.4 Å². The summed E-state index contributed by atoms with van der Waals surface area (Å²) in [6.45, 7) is 1.99. The molecule has 0 saturated heterocycles. The molecule has 0 radical (unpaired) electrons. The Morgan fingerprint density at radius 2 is 2.33 bits per heavy atom. The van der Waals surface area contributed by atoms with Gasteiger partial charge in [-0.1, -0.05) is 0 Å². The monoisotopic (exact) mass is 286 g/mol. The minimum absolute atomic E-state index is 0.0305. The van der Waals surface area contributed by atoms with Gasteiger partial charge in [-0.3, -0.25) is 5.10 Å². The van der Waals surface area contributed by atoms with E-state index in [2.05, 4.69) is 26.1 Å². The number of aromatic carboxylic acids is 1.